The monoisotopic (exact) mass is 429 g/mol. The van der Waals surface area contributed by atoms with E-state index in [1.165, 1.54) is 18.2 Å². The summed E-state index contributed by atoms with van der Waals surface area (Å²) in [4.78, 5) is 12.6. The van der Waals surface area contributed by atoms with Crippen LogP contribution in [0.15, 0.2) is 51.9 Å². The molecule has 0 saturated heterocycles. The molecule has 0 aliphatic carbocycles. The number of carbonyl (C=O) groups excluding carboxylic acids is 1. The Hall–Kier alpha value is -3.53. The van der Waals surface area contributed by atoms with Crippen molar-refractivity contribution in [1.82, 2.24) is 5.16 Å². The predicted octanol–water partition coefficient (Wildman–Crippen LogP) is 3.12. The predicted molar refractivity (Wildman–Crippen MR) is 109 cm³/mol. The maximum atomic E-state index is 12.8. The number of amides is 1. The summed E-state index contributed by atoms with van der Waals surface area (Å²) in [5.41, 5.74) is 1.56. The van der Waals surface area contributed by atoms with E-state index >= 15 is 0 Å². The highest BCUT2D eigenvalue weighted by Crippen LogP contribution is 2.32. The van der Waals surface area contributed by atoms with Crippen molar-refractivity contribution in [2.24, 2.45) is 0 Å². The van der Waals surface area contributed by atoms with Crippen LogP contribution >= 0.6 is 0 Å². The zero-order chi connectivity index (χ0) is 21.3. The molecule has 1 aromatic heterocycles. The molecule has 3 aromatic rings. The highest BCUT2D eigenvalue weighted by molar-refractivity contribution is 7.92. The van der Waals surface area contributed by atoms with Gasteiger partial charge in [-0.3, -0.25) is 9.52 Å². The molecule has 0 atom stereocenters. The Labute approximate surface area is 173 Å². The second-order valence-electron chi connectivity index (χ2n) is 6.65. The number of rotatable bonds is 5. The number of hydrogen-bond donors (Lipinski definition) is 2. The molecule has 1 aliphatic heterocycles. The van der Waals surface area contributed by atoms with Gasteiger partial charge in [-0.15, -0.1) is 0 Å². The van der Waals surface area contributed by atoms with Gasteiger partial charge in [0, 0.05) is 17.3 Å². The third kappa shape index (κ3) is 3.94. The van der Waals surface area contributed by atoms with Crippen LogP contribution in [-0.4, -0.2) is 32.7 Å². The maximum Gasteiger partial charge on any atom is 0.262 e. The smallest absolute Gasteiger partial charge is 0.262 e. The molecule has 4 rings (SSSR count). The van der Waals surface area contributed by atoms with Gasteiger partial charge in [0.1, 0.15) is 24.6 Å². The SMILES string of the molecule is Cc1noc(C)c1NC(=O)c1cccc(NS(=O)(=O)c2ccc3c(c2)OCCO3)c1. The largest absolute Gasteiger partial charge is 0.486 e. The fourth-order valence-corrected chi connectivity index (χ4v) is 4.04. The van der Waals surface area contributed by atoms with E-state index in [4.69, 9.17) is 14.0 Å². The number of nitrogens with one attached hydrogen (secondary N) is 2. The topological polar surface area (TPSA) is 120 Å². The fraction of sp³-hybridized carbons (Fsp3) is 0.200. The lowest BCUT2D eigenvalue weighted by Crippen LogP contribution is -2.18. The third-order valence-electron chi connectivity index (χ3n) is 4.47. The van der Waals surface area contributed by atoms with Crippen LogP contribution in [-0.2, 0) is 10.0 Å². The summed E-state index contributed by atoms with van der Waals surface area (Å²) in [6, 6.07) is 10.6. The van der Waals surface area contributed by atoms with Crippen LogP contribution in [0.3, 0.4) is 0 Å². The number of nitrogens with zero attached hydrogens (tertiary/aromatic N) is 1. The van der Waals surface area contributed by atoms with Crippen LogP contribution in [0.25, 0.3) is 0 Å². The first-order valence-corrected chi connectivity index (χ1v) is 10.6. The van der Waals surface area contributed by atoms with Crippen molar-refractivity contribution in [3.63, 3.8) is 0 Å². The minimum absolute atomic E-state index is 0.0253. The first-order chi connectivity index (χ1) is 14.3. The molecule has 2 heterocycles. The zero-order valence-electron chi connectivity index (χ0n) is 16.3. The van der Waals surface area contributed by atoms with Gasteiger partial charge in [-0.1, -0.05) is 11.2 Å². The number of sulfonamides is 1. The van der Waals surface area contributed by atoms with Crippen molar-refractivity contribution in [3.8, 4) is 11.5 Å². The van der Waals surface area contributed by atoms with E-state index in [0.29, 0.717) is 41.9 Å². The lowest BCUT2D eigenvalue weighted by atomic mass is 10.2. The number of hydrogen-bond acceptors (Lipinski definition) is 7. The van der Waals surface area contributed by atoms with E-state index in [0.717, 1.165) is 0 Å². The molecule has 0 radical (unpaired) electrons. The second kappa shape index (κ2) is 7.71. The summed E-state index contributed by atoms with van der Waals surface area (Å²) in [7, 11) is -3.89. The van der Waals surface area contributed by atoms with E-state index in [9.17, 15) is 13.2 Å². The number of aromatic nitrogens is 1. The molecule has 0 unspecified atom stereocenters. The van der Waals surface area contributed by atoms with Gasteiger partial charge in [0.05, 0.1) is 4.90 Å². The van der Waals surface area contributed by atoms with Gasteiger partial charge in [-0.25, -0.2) is 8.42 Å². The highest BCUT2D eigenvalue weighted by atomic mass is 32.2. The number of benzene rings is 2. The summed E-state index contributed by atoms with van der Waals surface area (Å²) >= 11 is 0. The van der Waals surface area contributed by atoms with Crippen molar-refractivity contribution in [1.29, 1.82) is 0 Å². The zero-order valence-corrected chi connectivity index (χ0v) is 17.1. The van der Waals surface area contributed by atoms with Crippen molar-refractivity contribution < 1.29 is 27.2 Å². The average Bonchev–Trinajstić information content (AvgIpc) is 3.05. The molecule has 10 heteroatoms. The number of ether oxygens (including phenoxy) is 2. The van der Waals surface area contributed by atoms with Crippen LogP contribution in [0.2, 0.25) is 0 Å². The summed E-state index contributed by atoms with van der Waals surface area (Å²) in [6.07, 6.45) is 0. The van der Waals surface area contributed by atoms with E-state index in [-0.39, 0.29) is 16.1 Å². The molecule has 1 amide bonds. The minimum Gasteiger partial charge on any atom is -0.486 e. The summed E-state index contributed by atoms with van der Waals surface area (Å²) in [6.45, 7) is 4.17. The standard InChI is InChI=1S/C20H19N3O6S/c1-12-19(13(2)29-22-12)21-20(24)14-4-3-5-15(10-14)23-30(25,26)16-6-7-17-18(11-16)28-9-8-27-17/h3-7,10-11,23H,8-9H2,1-2H3,(H,21,24). The van der Waals surface area contributed by atoms with Crippen molar-refractivity contribution in [2.75, 3.05) is 23.3 Å². The number of aryl methyl sites for hydroxylation is 2. The molecule has 0 spiro atoms. The van der Waals surface area contributed by atoms with E-state index in [1.54, 1.807) is 38.1 Å². The molecule has 2 N–H and O–H groups in total. The number of fused-ring (bicyclic) bond motifs is 1. The molecule has 2 aromatic carbocycles. The average molecular weight is 429 g/mol. The summed E-state index contributed by atoms with van der Waals surface area (Å²) in [5.74, 6) is 0.941. The van der Waals surface area contributed by atoms with Gasteiger partial charge < -0.3 is 19.3 Å². The molecular formula is C20H19N3O6S. The Balaban J connectivity index is 1.54. The number of carbonyl (C=O) groups is 1. The van der Waals surface area contributed by atoms with E-state index < -0.39 is 15.9 Å². The van der Waals surface area contributed by atoms with Gasteiger partial charge in [-0.05, 0) is 44.2 Å². The van der Waals surface area contributed by atoms with Gasteiger partial charge in [-0.2, -0.15) is 0 Å². The Morgan fingerprint density at radius 1 is 1.03 bits per heavy atom. The van der Waals surface area contributed by atoms with Crippen LogP contribution in [0.5, 0.6) is 11.5 Å². The quantitative estimate of drug-likeness (QED) is 0.639. The lowest BCUT2D eigenvalue weighted by molar-refractivity contribution is 0.102. The Bertz CT molecular complexity index is 1200. The molecule has 0 saturated carbocycles. The summed E-state index contributed by atoms with van der Waals surface area (Å²) in [5, 5.41) is 6.52. The molecule has 0 bridgehead atoms. The lowest BCUT2D eigenvalue weighted by Gasteiger charge is -2.19. The molecule has 0 fully saturated rings. The Kier molecular flexibility index (Phi) is 5.08. The normalized spacial score (nSPS) is 13.0. The molecule has 156 valence electrons. The van der Waals surface area contributed by atoms with Crippen LogP contribution in [0, 0.1) is 13.8 Å². The molecule has 1 aliphatic rings. The first kappa shape index (κ1) is 19.8. The molecule has 30 heavy (non-hydrogen) atoms. The number of anilines is 2. The fourth-order valence-electron chi connectivity index (χ4n) is 2.98. The highest BCUT2D eigenvalue weighted by Gasteiger charge is 2.20. The Morgan fingerprint density at radius 3 is 2.53 bits per heavy atom. The maximum absolute atomic E-state index is 12.8. The first-order valence-electron chi connectivity index (χ1n) is 9.10. The van der Waals surface area contributed by atoms with Crippen molar-refractivity contribution in [2.45, 2.75) is 18.7 Å². The van der Waals surface area contributed by atoms with Crippen LogP contribution in [0.1, 0.15) is 21.8 Å². The van der Waals surface area contributed by atoms with Crippen molar-refractivity contribution >= 4 is 27.3 Å². The van der Waals surface area contributed by atoms with E-state index in [2.05, 4.69) is 15.2 Å². The van der Waals surface area contributed by atoms with E-state index in [1.807, 2.05) is 0 Å². The van der Waals surface area contributed by atoms with Crippen LogP contribution in [0.4, 0.5) is 11.4 Å². The van der Waals surface area contributed by atoms with Gasteiger partial charge >= 0.3 is 0 Å². The van der Waals surface area contributed by atoms with Crippen molar-refractivity contribution in [3.05, 3.63) is 59.5 Å². The second-order valence-corrected chi connectivity index (χ2v) is 8.33. The van der Waals surface area contributed by atoms with Gasteiger partial charge in [0.15, 0.2) is 17.3 Å². The Morgan fingerprint density at radius 2 is 1.80 bits per heavy atom. The van der Waals surface area contributed by atoms with Gasteiger partial charge in [0.25, 0.3) is 15.9 Å². The molecular weight excluding hydrogens is 410 g/mol. The summed E-state index contributed by atoms with van der Waals surface area (Å²) < 4.78 is 44.0. The third-order valence-corrected chi connectivity index (χ3v) is 5.85. The van der Waals surface area contributed by atoms with Crippen LogP contribution < -0.4 is 19.5 Å². The molecule has 9 nitrogen and oxygen atoms in total. The van der Waals surface area contributed by atoms with Gasteiger partial charge in [0.2, 0.25) is 0 Å². The minimum atomic E-state index is -3.89.